The predicted molar refractivity (Wildman–Crippen MR) is 61.3 cm³/mol. The van der Waals surface area contributed by atoms with Crippen molar-refractivity contribution in [2.75, 3.05) is 7.05 Å². The molecular formula is C11H23N3. The number of guanidine groups is 1. The first-order valence-corrected chi connectivity index (χ1v) is 5.64. The molecule has 1 saturated carbocycles. The fourth-order valence-corrected chi connectivity index (χ4v) is 2.39. The highest BCUT2D eigenvalue weighted by atomic mass is 15.1. The molecule has 1 rings (SSSR count). The lowest BCUT2D eigenvalue weighted by atomic mass is 9.78. The van der Waals surface area contributed by atoms with E-state index in [1.165, 1.54) is 25.7 Å². The lowest BCUT2D eigenvalue weighted by Gasteiger charge is -2.35. The van der Waals surface area contributed by atoms with Crippen molar-refractivity contribution in [2.24, 2.45) is 22.6 Å². The third kappa shape index (κ3) is 2.89. The molecule has 1 fully saturated rings. The number of hydrogen-bond donors (Lipinski definition) is 2. The van der Waals surface area contributed by atoms with Crippen LogP contribution >= 0.6 is 0 Å². The minimum Gasteiger partial charge on any atom is -0.370 e. The van der Waals surface area contributed by atoms with E-state index < -0.39 is 0 Å². The maximum absolute atomic E-state index is 5.71. The standard InChI is InChI=1S/C11H23N3/c1-8(2)9-6-4-5-7-10(9)14-11(12)13-3/h8-10H,4-7H2,1-3H3,(H3,12,13,14). The molecule has 0 aromatic heterocycles. The first kappa shape index (κ1) is 11.3. The van der Waals surface area contributed by atoms with E-state index in [4.69, 9.17) is 5.73 Å². The summed E-state index contributed by atoms with van der Waals surface area (Å²) in [5.74, 6) is 2.07. The van der Waals surface area contributed by atoms with Gasteiger partial charge in [0, 0.05) is 13.1 Å². The van der Waals surface area contributed by atoms with Gasteiger partial charge >= 0.3 is 0 Å². The second-order valence-corrected chi connectivity index (χ2v) is 4.55. The smallest absolute Gasteiger partial charge is 0.188 e. The van der Waals surface area contributed by atoms with E-state index in [0.29, 0.717) is 12.0 Å². The van der Waals surface area contributed by atoms with E-state index in [2.05, 4.69) is 24.2 Å². The summed E-state index contributed by atoms with van der Waals surface area (Å²) in [6.07, 6.45) is 5.24. The van der Waals surface area contributed by atoms with E-state index in [1.807, 2.05) is 0 Å². The molecule has 0 aliphatic heterocycles. The molecule has 0 amide bonds. The number of hydrogen-bond acceptors (Lipinski definition) is 1. The molecule has 0 radical (unpaired) electrons. The van der Waals surface area contributed by atoms with Gasteiger partial charge in [-0.2, -0.15) is 0 Å². The molecule has 0 saturated heterocycles. The van der Waals surface area contributed by atoms with Crippen LogP contribution < -0.4 is 11.1 Å². The Morgan fingerprint density at radius 3 is 2.57 bits per heavy atom. The summed E-state index contributed by atoms with van der Waals surface area (Å²) in [4.78, 5) is 3.96. The van der Waals surface area contributed by atoms with Crippen LogP contribution in [0.15, 0.2) is 4.99 Å². The van der Waals surface area contributed by atoms with Gasteiger partial charge in [-0.05, 0) is 24.7 Å². The molecule has 2 atom stereocenters. The van der Waals surface area contributed by atoms with Gasteiger partial charge in [0.2, 0.25) is 0 Å². The van der Waals surface area contributed by atoms with Crippen molar-refractivity contribution in [3.8, 4) is 0 Å². The number of nitrogens with two attached hydrogens (primary N) is 1. The van der Waals surface area contributed by atoms with E-state index >= 15 is 0 Å². The molecule has 2 unspecified atom stereocenters. The van der Waals surface area contributed by atoms with Gasteiger partial charge in [0.15, 0.2) is 5.96 Å². The van der Waals surface area contributed by atoms with Gasteiger partial charge in [-0.3, -0.25) is 4.99 Å². The normalized spacial score (nSPS) is 29.3. The largest absolute Gasteiger partial charge is 0.370 e. The summed E-state index contributed by atoms with van der Waals surface area (Å²) in [5, 5.41) is 3.33. The molecule has 0 aromatic rings. The van der Waals surface area contributed by atoms with E-state index in [0.717, 1.165) is 11.8 Å². The summed E-state index contributed by atoms with van der Waals surface area (Å²) >= 11 is 0. The minimum atomic E-state index is 0.535. The Morgan fingerprint density at radius 1 is 1.36 bits per heavy atom. The van der Waals surface area contributed by atoms with Gasteiger partial charge in [-0.25, -0.2) is 0 Å². The molecule has 0 aromatic carbocycles. The topological polar surface area (TPSA) is 50.4 Å². The number of aliphatic imine (C=N–C) groups is 1. The predicted octanol–water partition coefficient (Wildman–Crippen LogP) is 1.74. The Bertz CT molecular complexity index is 199. The monoisotopic (exact) mass is 197 g/mol. The molecule has 82 valence electrons. The Kier molecular flexibility index (Phi) is 4.23. The molecule has 0 bridgehead atoms. The van der Waals surface area contributed by atoms with Gasteiger partial charge in [0.05, 0.1) is 0 Å². The summed E-state index contributed by atoms with van der Waals surface area (Å²) in [6.45, 7) is 4.59. The van der Waals surface area contributed by atoms with Gasteiger partial charge in [0.25, 0.3) is 0 Å². The fourth-order valence-electron chi connectivity index (χ4n) is 2.39. The second-order valence-electron chi connectivity index (χ2n) is 4.55. The third-order valence-corrected chi connectivity index (χ3v) is 3.25. The van der Waals surface area contributed by atoms with Crippen LogP contribution in [0.5, 0.6) is 0 Å². The second kappa shape index (κ2) is 5.23. The molecular weight excluding hydrogens is 174 g/mol. The van der Waals surface area contributed by atoms with E-state index in [-0.39, 0.29) is 0 Å². The van der Waals surface area contributed by atoms with Gasteiger partial charge < -0.3 is 11.1 Å². The van der Waals surface area contributed by atoms with Gasteiger partial charge in [0.1, 0.15) is 0 Å². The Morgan fingerprint density at radius 2 is 2.00 bits per heavy atom. The van der Waals surface area contributed by atoms with Crippen molar-refractivity contribution in [2.45, 2.75) is 45.6 Å². The van der Waals surface area contributed by atoms with Crippen molar-refractivity contribution in [3.05, 3.63) is 0 Å². The van der Waals surface area contributed by atoms with E-state index in [1.54, 1.807) is 7.05 Å². The summed E-state index contributed by atoms with van der Waals surface area (Å²) in [5.41, 5.74) is 5.71. The van der Waals surface area contributed by atoms with Crippen LogP contribution in [0.1, 0.15) is 39.5 Å². The van der Waals surface area contributed by atoms with Crippen LogP contribution in [0.4, 0.5) is 0 Å². The fraction of sp³-hybridized carbons (Fsp3) is 0.909. The summed E-state index contributed by atoms with van der Waals surface area (Å²) < 4.78 is 0. The zero-order valence-corrected chi connectivity index (χ0v) is 9.59. The molecule has 1 aliphatic carbocycles. The van der Waals surface area contributed by atoms with Crippen LogP contribution in [0.25, 0.3) is 0 Å². The number of rotatable bonds is 2. The summed E-state index contributed by atoms with van der Waals surface area (Å²) in [7, 11) is 1.73. The molecule has 0 spiro atoms. The van der Waals surface area contributed by atoms with Crippen molar-refractivity contribution in [1.82, 2.24) is 5.32 Å². The lowest BCUT2D eigenvalue weighted by Crippen LogP contribution is -2.46. The molecule has 3 N–H and O–H groups in total. The average molecular weight is 197 g/mol. The Labute approximate surface area is 87.2 Å². The van der Waals surface area contributed by atoms with Crippen LogP contribution in [0, 0.1) is 11.8 Å². The van der Waals surface area contributed by atoms with Crippen molar-refractivity contribution in [3.63, 3.8) is 0 Å². The highest BCUT2D eigenvalue weighted by Gasteiger charge is 2.27. The first-order valence-electron chi connectivity index (χ1n) is 5.64. The van der Waals surface area contributed by atoms with Gasteiger partial charge in [-0.15, -0.1) is 0 Å². The molecule has 0 heterocycles. The highest BCUT2D eigenvalue weighted by molar-refractivity contribution is 5.77. The van der Waals surface area contributed by atoms with Crippen molar-refractivity contribution in [1.29, 1.82) is 0 Å². The number of nitrogens with zero attached hydrogens (tertiary/aromatic N) is 1. The van der Waals surface area contributed by atoms with Crippen LogP contribution in [0.3, 0.4) is 0 Å². The van der Waals surface area contributed by atoms with Crippen LogP contribution in [-0.4, -0.2) is 19.0 Å². The van der Waals surface area contributed by atoms with Crippen LogP contribution in [0.2, 0.25) is 0 Å². The van der Waals surface area contributed by atoms with Crippen molar-refractivity contribution < 1.29 is 0 Å². The maximum Gasteiger partial charge on any atom is 0.188 e. The maximum atomic E-state index is 5.71. The zero-order valence-electron chi connectivity index (χ0n) is 9.59. The lowest BCUT2D eigenvalue weighted by molar-refractivity contribution is 0.224. The van der Waals surface area contributed by atoms with E-state index in [9.17, 15) is 0 Å². The SMILES string of the molecule is CN=C(N)NC1CCCCC1C(C)C. The minimum absolute atomic E-state index is 0.535. The average Bonchev–Trinajstić information content (AvgIpc) is 2.18. The van der Waals surface area contributed by atoms with Gasteiger partial charge in [-0.1, -0.05) is 26.7 Å². The molecule has 1 aliphatic rings. The zero-order chi connectivity index (χ0) is 10.6. The highest BCUT2D eigenvalue weighted by Crippen LogP contribution is 2.29. The molecule has 3 nitrogen and oxygen atoms in total. The molecule has 3 heteroatoms. The first-order chi connectivity index (χ1) is 6.65. The Balaban J connectivity index is 2.54. The van der Waals surface area contributed by atoms with Crippen molar-refractivity contribution >= 4 is 5.96 Å². The number of nitrogens with one attached hydrogen (secondary N) is 1. The van der Waals surface area contributed by atoms with Crippen LogP contribution in [-0.2, 0) is 0 Å². The molecule has 14 heavy (non-hydrogen) atoms. The Hall–Kier alpha value is -0.730. The summed E-state index contributed by atoms with van der Waals surface area (Å²) in [6, 6.07) is 0.535. The quantitative estimate of drug-likeness (QED) is 0.523. The third-order valence-electron chi connectivity index (χ3n) is 3.25.